The molecule has 1 saturated heterocycles. The number of aromatic nitrogens is 1. The second-order valence-corrected chi connectivity index (χ2v) is 11.5. The number of benzene rings is 2. The first-order valence-electron chi connectivity index (χ1n) is 13.0. The second-order valence-electron chi connectivity index (χ2n) is 9.66. The average molecular weight is 567 g/mol. The van der Waals surface area contributed by atoms with Crippen molar-refractivity contribution in [1.82, 2.24) is 19.7 Å². The maximum Gasteiger partial charge on any atom is 0.267 e. The topological polar surface area (TPSA) is 119 Å². The Labute approximate surface area is 234 Å². The van der Waals surface area contributed by atoms with E-state index in [1.54, 1.807) is 36.4 Å². The lowest BCUT2D eigenvalue weighted by molar-refractivity contribution is -0.198. The fraction of sp³-hybridized carbons (Fsp3) is 0.310. The number of nitrogens with one attached hydrogen (secondary N) is 2. The minimum absolute atomic E-state index is 0.110. The van der Waals surface area contributed by atoms with Gasteiger partial charge in [0.05, 0.1) is 4.90 Å². The SMILES string of the molecule is CN(C)CCNC(=O)c1cccc(-c2ccc(S(=O)(=O)n3ccc(C=CC(=O)NOC4CCCCO4)c3)cc2)c1. The molecule has 2 N–H and O–H groups in total. The van der Waals surface area contributed by atoms with Crippen LogP contribution in [0.15, 0.2) is 78.0 Å². The summed E-state index contributed by atoms with van der Waals surface area (Å²) in [6, 6.07) is 15.3. The Balaban J connectivity index is 1.38. The summed E-state index contributed by atoms with van der Waals surface area (Å²) in [5.74, 6) is -0.640. The number of rotatable bonds is 11. The summed E-state index contributed by atoms with van der Waals surface area (Å²) < 4.78 is 32.8. The number of ether oxygens (including phenoxy) is 1. The van der Waals surface area contributed by atoms with Crippen LogP contribution in [-0.2, 0) is 24.4 Å². The van der Waals surface area contributed by atoms with Gasteiger partial charge in [0, 0.05) is 50.2 Å². The molecule has 2 heterocycles. The molecule has 2 amide bonds. The Bertz CT molecular complexity index is 1440. The number of likely N-dealkylation sites (N-methyl/N-ethyl adjacent to an activating group) is 1. The van der Waals surface area contributed by atoms with Crippen LogP contribution in [0.2, 0.25) is 0 Å². The van der Waals surface area contributed by atoms with E-state index in [0.29, 0.717) is 30.7 Å². The highest BCUT2D eigenvalue weighted by molar-refractivity contribution is 7.90. The fourth-order valence-corrected chi connectivity index (χ4v) is 5.26. The molecule has 0 aliphatic carbocycles. The molecule has 10 nitrogen and oxygen atoms in total. The molecule has 1 aliphatic rings. The van der Waals surface area contributed by atoms with Crippen LogP contribution in [0.25, 0.3) is 17.2 Å². The van der Waals surface area contributed by atoms with Gasteiger partial charge in [-0.1, -0.05) is 24.3 Å². The zero-order valence-corrected chi connectivity index (χ0v) is 23.4. The molecule has 0 radical (unpaired) electrons. The largest absolute Gasteiger partial charge is 0.351 e. The average Bonchev–Trinajstić information content (AvgIpc) is 3.46. The number of hydroxylamine groups is 1. The van der Waals surface area contributed by atoms with E-state index in [0.717, 1.165) is 34.5 Å². The Morgan fingerprint density at radius 1 is 1.10 bits per heavy atom. The third-order valence-electron chi connectivity index (χ3n) is 6.28. The molecule has 0 bridgehead atoms. The lowest BCUT2D eigenvalue weighted by atomic mass is 10.0. The molecule has 40 heavy (non-hydrogen) atoms. The van der Waals surface area contributed by atoms with Crippen LogP contribution in [0.1, 0.15) is 35.2 Å². The van der Waals surface area contributed by atoms with E-state index < -0.39 is 22.2 Å². The van der Waals surface area contributed by atoms with Crippen LogP contribution >= 0.6 is 0 Å². The van der Waals surface area contributed by atoms with Gasteiger partial charge >= 0.3 is 0 Å². The van der Waals surface area contributed by atoms with Crippen molar-refractivity contribution in [3.05, 3.63) is 84.2 Å². The maximum atomic E-state index is 13.2. The van der Waals surface area contributed by atoms with Crippen LogP contribution in [-0.4, -0.2) is 69.2 Å². The summed E-state index contributed by atoms with van der Waals surface area (Å²) in [4.78, 5) is 31.9. The molecule has 1 fully saturated rings. The van der Waals surface area contributed by atoms with E-state index in [9.17, 15) is 18.0 Å². The molecule has 3 aromatic rings. The Kier molecular flexibility index (Phi) is 9.88. The number of carbonyl (C=O) groups is 2. The molecule has 1 unspecified atom stereocenters. The molecule has 11 heteroatoms. The molecular formula is C29H34N4O6S. The lowest BCUT2D eigenvalue weighted by Crippen LogP contribution is -2.32. The van der Waals surface area contributed by atoms with Gasteiger partial charge < -0.3 is 15.0 Å². The lowest BCUT2D eigenvalue weighted by Gasteiger charge is -2.21. The van der Waals surface area contributed by atoms with Gasteiger partial charge in [0.1, 0.15) is 0 Å². The smallest absolute Gasteiger partial charge is 0.267 e. The van der Waals surface area contributed by atoms with Gasteiger partial charge in [0.15, 0.2) is 6.29 Å². The molecule has 4 rings (SSSR count). The molecule has 1 aliphatic heterocycles. The first-order valence-corrected chi connectivity index (χ1v) is 14.5. The number of nitrogens with zero attached hydrogens (tertiary/aromatic N) is 2. The Morgan fingerprint density at radius 3 is 2.62 bits per heavy atom. The minimum atomic E-state index is -3.85. The van der Waals surface area contributed by atoms with E-state index in [4.69, 9.17) is 9.57 Å². The van der Waals surface area contributed by atoms with Crippen LogP contribution in [0.5, 0.6) is 0 Å². The quantitative estimate of drug-likeness (QED) is 0.270. The first kappa shape index (κ1) is 29.2. The number of hydrogen-bond donors (Lipinski definition) is 2. The minimum Gasteiger partial charge on any atom is -0.351 e. The zero-order chi connectivity index (χ0) is 28.5. The number of carbonyl (C=O) groups excluding carboxylic acids is 2. The van der Waals surface area contributed by atoms with E-state index in [-0.39, 0.29) is 10.8 Å². The van der Waals surface area contributed by atoms with Crippen molar-refractivity contribution in [2.24, 2.45) is 0 Å². The van der Waals surface area contributed by atoms with Gasteiger partial charge in [0.25, 0.3) is 21.8 Å². The van der Waals surface area contributed by atoms with E-state index in [1.807, 2.05) is 25.1 Å². The summed E-state index contributed by atoms with van der Waals surface area (Å²) >= 11 is 0. The van der Waals surface area contributed by atoms with E-state index >= 15 is 0 Å². The van der Waals surface area contributed by atoms with E-state index in [2.05, 4.69) is 10.8 Å². The van der Waals surface area contributed by atoms with Crippen molar-refractivity contribution in [3.63, 3.8) is 0 Å². The van der Waals surface area contributed by atoms with Crippen LogP contribution in [0.4, 0.5) is 0 Å². The highest BCUT2D eigenvalue weighted by Crippen LogP contribution is 2.24. The predicted molar refractivity (Wildman–Crippen MR) is 152 cm³/mol. The molecule has 1 aromatic heterocycles. The second kappa shape index (κ2) is 13.5. The van der Waals surface area contributed by atoms with Crippen molar-refractivity contribution in [1.29, 1.82) is 0 Å². The maximum absolute atomic E-state index is 13.2. The standard InChI is InChI=1S/C29H34N4O6S/c1-32(2)18-16-30-29(35)25-7-5-6-24(20-25)23-10-12-26(13-11-23)40(36,37)33-17-15-22(21-33)9-14-27(34)31-39-28-8-3-4-19-38-28/h5-7,9-15,17,20-21,28H,3-4,8,16,18-19H2,1-2H3,(H,30,35)(H,31,34). The number of hydrogen-bond acceptors (Lipinski definition) is 7. The van der Waals surface area contributed by atoms with Crippen molar-refractivity contribution in [2.45, 2.75) is 30.4 Å². The van der Waals surface area contributed by atoms with E-state index in [1.165, 1.54) is 36.7 Å². The monoisotopic (exact) mass is 566 g/mol. The predicted octanol–water partition coefficient (Wildman–Crippen LogP) is 3.27. The van der Waals surface area contributed by atoms with Gasteiger partial charge in [-0.15, -0.1) is 0 Å². The Morgan fingerprint density at radius 2 is 1.90 bits per heavy atom. The third kappa shape index (κ3) is 7.89. The highest BCUT2D eigenvalue weighted by Gasteiger charge is 2.18. The van der Waals surface area contributed by atoms with Gasteiger partial charge in [-0.2, -0.15) is 0 Å². The highest BCUT2D eigenvalue weighted by atomic mass is 32.2. The molecule has 1 atom stereocenters. The summed E-state index contributed by atoms with van der Waals surface area (Å²) in [6.45, 7) is 1.88. The van der Waals surface area contributed by atoms with Gasteiger partial charge in [0.2, 0.25) is 0 Å². The van der Waals surface area contributed by atoms with Gasteiger partial charge in [-0.3, -0.25) is 9.59 Å². The van der Waals surface area contributed by atoms with Crippen molar-refractivity contribution < 1.29 is 27.6 Å². The first-order chi connectivity index (χ1) is 19.2. The van der Waals surface area contributed by atoms with Crippen molar-refractivity contribution in [3.8, 4) is 11.1 Å². The van der Waals surface area contributed by atoms with Crippen LogP contribution in [0, 0.1) is 0 Å². The Hall–Kier alpha value is -3.77. The normalized spacial score (nSPS) is 15.8. The van der Waals surface area contributed by atoms with Gasteiger partial charge in [-0.25, -0.2) is 22.7 Å². The molecule has 212 valence electrons. The summed E-state index contributed by atoms with van der Waals surface area (Å²) in [5, 5.41) is 2.89. The fourth-order valence-electron chi connectivity index (χ4n) is 4.05. The third-order valence-corrected chi connectivity index (χ3v) is 7.93. The number of amides is 2. The van der Waals surface area contributed by atoms with Crippen molar-refractivity contribution >= 4 is 27.9 Å². The van der Waals surface area contributed by atoms with Crippen molar-refractivity contribution in [2.75, 3.05) is 33.8 Å². The summed E-state index contributed by atoms with van der Waals surface area (Å²) in [6.07, 6.45) is 7.83. The molecule has 2 aromatic carbocycles. The van der Waals surface area contributed by atoms with Gasteiger partial charge in [-0.05, 0) is 80.0 Å². The molecule has 0 spiro atoms. The summed E-state index contributed by atoms with van der Waals surface area (Å²) in [7, 11) is 0.0328. The molecule has 0 saturated carbocycles. The van der Waals surface area contributed by atoms with Crippen LogP contribution < -0.4 is 10.8 Å². The van der Waals surface area contributed by atoms with Crippen LogP contribution in [0.3, 0.4) is 0 Å². The summed E-state index contributed by atoms with van der Waals surface area (Å²) in [5.41, 5.74) is 4.97. The molecular weight excluding hydrogens is 532 g/mol. The zero-order valence-electron chi connectivity index (χ0n) is 22.6.